The Bertz CT molecular complexity index is 576. The highest BCUT2D eigenvalue weighted by Gasteiger charge is 2.52. The van der Waals surface area contributed by atoms with Crippen LogP contribution in [0.5, 0.6) is 0 Å². The SMILES string of the molecule is CC(=O)[C@@H]1[C@@H](c2ccccc2)CC(=O)N(C)[C@]1(C)C#N. The first-order chi connectivity index (χ1) is 9.41. The molecule has 0 saturated carbocycles. The third kappa shape index (κ3) is 2.09. The summed E-state index contributed by atoms with van der Waals surface area (Å²) >= 11 is 0. The quantitative estimate of drug-likeness (QED) is 0.827. The number of nitrogens with zero attached hydrogens (tertiary/aromatic N) is 2. The molecule has 1 heterocycles. The van der Waals surface area contributed by atoms with Gasteiger partial charge in [-0.3, -0.25) is 9.59 Å². The van der Waals surface area contributed by atoms with Crippen molar-refractivity contribution in [2.24, 2.45) is 5.92 Å². The number of ketones is 1. The van der Waals surface area contributed by atoms with Gasteiger partial charge in [-0.05, 0) is 19.4 Å². The van der Waals surface area contributed by atoms with Crippen LogP contribution in [0.3, 0.4) is 0 Å². The summed E-state index contributed by atoms with van der Waals surface area (Å²) in [6, 6.07) is 11.7. The number of likely N-dealkylation sites (tertiary alicyclic amines) is 1. The van der Waals surface area contributed by atoms with E-state index in [-0.39, 0.29) is 24.0 Å². The van der Waals surface area contributed by atoms with Crippen LogP contribution in [0.1, 0.15) is 31.7 Å². The molecule has 1 fully saturated rings. The first-order valence-electron chi connectivity index (χ1n) is 6.65. The van der Waals surface area contributed by atoms with Crippen LogP contribution in [0.25, 0.3) is 0 Å². The molecule has 104 valence electrons. The Balaban J connectivity index is 2.54. The van der Waals surface area contributed by atoms with Crippen molar-refractivity contribution in [3.63, 3.8) is 0 Å². The largest absolute Gasteiger partial charge is 0.327 e. The molecule has 1 aromatic carbocycles. The lowest BCUT2D eigenvalue weighted by molar-refractivity contribution is -0.144. The molecule has 4 nitrogen and oxygen atoms in total. The molecule has 0 aliphatic carbocycles. The number of Topliss-reactive ketones (excluding diaryl/α,β-unsaturated/α-hetero) is 1. The van der Waals surface area contributed by atoms with Gasteiger partial charge in [0.2, 0.25) is 5.91 Å². The van der Waals surface area contributed by atoms with Crippen LogP contribution in [-0.4, -0.2) is 29.2 Å². The van der Waals surface area contributed by atoms with Crippen molar-refractivity contribution < 1.29 is 9.59 Å². The molecule has 0 aromatic heterocycles. The first-order valence-corrected chi connectivity index (χ1v) is 6.65. The van der Waals surface area contributed by atoms with Gasteiger partial charge in [-0.25, -0.2) is 0 Å². The maximum atomic E-state index is 12.2. The van der Waals surface area contributed by atoms with E-state index in [1.165, 1.54) is 11.8 Å². The molecular formula is C16H18N2O2. The molecule has 1 aliphatic rings. The topological polar surface area (TPSA) is 61.2 Å². The summed E-state index contributed by atoms with van der Waals surface area (Å²) in [5.41, 5.74) is -0.155. The molecule has 2 rings (SSSR count). The van der Waals surface area contributed by atoms with Crippen molar-refractivity contribution in [2.45, 2.75) is 31.7 Å². The van der Waals surface area contributed by atoms with Crippen LogP contribution in [-0.2, 0) is 9.59 Å². The zero-order valence-electron chi connectivity index (χ0n) is 12.0. The minimum Gasteiger partial charge on any atom is -0.327 e. The Morgan fingerprint density at radius 3 is 2.50 bits per heavy atom. The summed E-state index contributed by atoms with van der Waals surface area (Å²) < 4.78 is 0. The third-order valence-electron chi connectivity index (χ3n) is 4.37. The van der Waals surface area contributed by atoms with Crippen molar-refractivity contribution >= 4 is 11.7 Å². The Morgan fingerprint density at radius 2 is 2.00 bits per heavy atom. The van der Waals surface area contributed by atoms with Crippen LogP contribution in [0, 0.1) is 17.2 Å². The van der Waals surface area contributed by atoms with E-state index in [0.29, 0.717) is 0 Å². The van der Waals surface area contributed by atoms with Crippen LogP contribution < -0.4 is 0 Å². The second-order valence-corrected chi connectivity index (χ2v) is 5.52. The van der Waals surface area contributed by atoms with Gasteiger partial charge < -0.3 is 4.90 Å². The maximum absolute atomic E-state index is 12.2. The number of hydrogen-bond donors (Lipinski definition) is 0. The predicted molar refractivity (Wildman–Crippen MR) is 74.8 cm³/mol. The van der Waals surface area contributed by atoms with Gasteiger partial charge in [0.25, 0.3) is 0 Å². The highest BCUT2D eigenvalue weighted by molar-refractivity contribution is 5.88. The Morgan fingerprint density at radius 1 is 1.40 bits per heavy atom. The van der Waals surface area contributed by atoms with E-state index in [1.54, 1.807) is 14.0 Å². The number of hydrogen-bond acceptors (Lipinski definition) is 3. The predicted octanol–water partition coefficient (Wildman–Crippen LogP) is 2.12. The average Bonchev–Trinajstić information content (AvgIpc) is 2.44. The second kappa shape index (κ2) is 5.09. The molecule has 4 heteroatoms. The van der Waals surface area contributed by atoms with E-state index < -0.39 is 11.5 Å². The highest BCUT2D eigenvalue weighted by atomic mass is 16.2. The zero-order valence-corrected chi connectivity index (χ0v) is 12.0. The molecule has 0 unspecified atom stereocenters. The van der Waals surface area contributed by atoms with Gasteiger partial charge in [-0.1, -0.05) is 30.3 Å². The van der Waals surface area contributed by atoms with E-state index in [9.17, 15) is 14.9 Å². The second-order valence-electron chi connectivity index (χ2n) is 5.52. The van der Waals surface area contributed by atoms with Crippen LogP contribution in [0.2, 0.25) is 0 Å². The number of carbonyl (C=O) groups is 2. The minimum atomic E-state index is -1.10. The molecule has 3 atom stereocenters. The lowest BCUT2D eigenvalue weighted by Crippen LogP contribution is -2.59. The molecule has 1 aliphatic heterocycles. The Labute approximate surface area is 119 Å². The van der Waals surface area contributed by atoms with E-state index >= 15 is 0 Å². The van der Waals surface area contributed by atoms with Crippen molar-refractivity contribution in [2.75, 3.05) is 7.05 Å². The van der Waals surface area contributed by atoms with Crippen molar-refractivity contribution in [3.8, 4) is 6.07 Å². The van der Waals surface area contributed by atoms with E-state index in [0.717, 1.165) is 5.56 Å². The number of benzene rings is 1. The van der Waals surface area contributed by atoms with Crippen molar-refractivity contribution in [1.82, 2.24) is 4.90 Å². The molecule has 0 spiro atoms. The minimum absolute atomic E-state index is 0.0535. The lowest BCUT2D eigenvalue weighted by atomic mass is 9.67. The summed E-state index contributed by atoms with van der Waals surface area (Å²) in [6.07, 6.45) is 0.266. The Kier molecular flexibility index (Phi) is 3.63. The van der Waals surface area contributed by atoms with Gasteiger partial charge in [-0.2, -0.15) is 5.26 Å². The van der Waals surface area contributed by atoms with E-state index in [2.05, 4.69) is 6.07 Å². The highest BCUT2D eigenvalue weighted by Crippen LogP contribution is 2.43. The van der Waals surface area contributed by atoms with Gasteiger partial charge in [0.05, 0.1) is 12.0 Å². The molecule has 0 bridgehead atoms. The van der Waals surface area contributed by atoms with Crippen molar-refractivity contribution in [1.29, 1.82) is 5.26 Å². The number of rotatable bonds is 2. The summed E-state index contributed by atoms with van der Waals surface area (Å²) in [4.78, 5) is 25.7. The average molecular weight is 270 g/mol. The lowest BCUT2D eigenvalue weighted by Gasteiger charge is -2.46. The van der Waals surface area contributed by atoms with Gasteiger partial charge >= 0.3 is 0 Å². The van der Waals surface area contributed by atoms with Gasteiger partial charge in [0.15, 0.2) is 0 Å². The third-order valence-corrected chi connectivity index (χ3v) is 4.37. The van der Waals surface area contributed by atoms with Crippen LogP contribution in [0.4, 0.5) is 0 Å². The van der Waals surface area contributed by atoms with Gasteiger partial charge in [-0.15, -0.1) is 0 Å². The summed E-state index contributed by atoms with van der Waals surface area (Å²) in [5.74, 6) is -0.887. The molecule has 1 amide bonds. The number of carbonyl (C=O) groups excluding carboxylic acids is 2. The monoisotopic (exact) mass is 270 g/mol. The molecule has 1 aromatic rings. The first kappa shape index (κ1) is 14.3. The smallest absolute Gasteiger partial charge is 0.224 e. The number of nitriles is 1. The fourth-order valence-electron chi connectivity index (χ4n) is 3.14. The maximum Gasteiger partial charge on any atom is 0.224 e. The number of piperidine rings is 1. The van der Waals surface area contributed by atoms with E-state index in [4.69, 9.17) is 0 Å². The van der Waals surface area contributed by atoms with Gasteiger partial charge in [0.1, 0.15) is 11.3 Å². The number of amides is 1. The van der Waals surface area contributed by atoms with Gasteiger partial charge in [0, 0.05) is 19.4 Å². The molecule has 20 heavy (non-hydrogen) atoms. The van der Waals surface area contributed by atoms with Crippen molar-refractivity contribution in [3.05, 3.63) is 35.9 Å². The Hall–Kier alpha value is -2.15. The summed E-state index contributed by atoms with van der Waals surface area (Å²) in [5, 5.41) is 9.53. The zero-order chi connectivity index (χ0) is 14.9. The molecular weight excluding hydrogens is 252 g/mol. The van der Waals surface area contributed by atoms with E-state index in [1.807, 2.05) is 30.3 Å². The fraction of sp³-hybridized carbons (Fsp3) is 0.438. The summed E-state index contributed by atoms with van der Waals surface area (Å²) in [6.45, 7) is 3.17. The molecule has 0 N–H and O–H groups in total. The normalized spacial score (nSPS) is 29.9. The standard InChI is InChI=1S/C16H18N2O2/c1-11(19)15-13(12-7-5-4-6-8-12)9-14(20)18(3)16(15,2)10-17/h4-8,13,15H,9H2,1-3H3/t13-,15-,16-/m1/s1. The van der Waals surface area contributed by atoms with Crippen LogP contribution >= 0.6 is 0 Å². The molecule has 1 saturated heterocycles. The fourth-order valence-corrected chi connectivity index (χ4v) is 3.14. The van der Waals surface area contributed by atoms with Crippen LogP contribution in [0.15, 0.2) is 30.3 Å². The molecule has 0 radical (unpaired) electrons. The summed E-state index contributed by atoms with van der Waals surface area (Å²) in [7, 11) is 1.60.